The van der Waals surface area contributed by atoms with E-state index in [2.05, 4.69) is 16.9 Å². The van der Waals surface area contributed by atoms with E-state index in [1.807, 2.05) is 31.2 Å². The zero-order chi connectivity index (χ0) is 19.9. The number of rotatable bonds is 10. The molecule has 3 aliphatic carbocycles. The van der Waals surface area contributed by atoms with Gasteiger partial charge in [0.05, 0.1) is 0 Å². The van der Waals surface area contributed by atoms with E-state index in [4.69, 9.17) is 9.29 Å². The van der Waals surface area contributed by atoms with E-state index in [9.17, 15) is 9.00 Å². The van der Waals surface area contributed by atoms with E-state index in [0.29, 0.717) is 29.9 Å². The maximum absolute atomic E-state index is 12.6. The summed E-state index contributed by atoms with van der Waals surface area (Å²) in [6.45, 7) is 2.01. The van der Waals surface area contributed by atoms with Gasteiger partial charge in [-0.3, -0.25) is 4.79 Å². The average Bonchev–Trinajstić information content (AvgIpc) is 2.68. The fourth-order valence-corrected chi connectivity index (χ4v) is 5.58. The van der Waals surface area contributed by atoms with Crippen molar-refractivity contribution in [2.24, 2.45) is 17.8 Å². The number of unbranched alkanes of at least 4 members (excludes halogenated alkanes) is 1. The maximum Gasteiger partial charge on any atom is 0.303 e. The van der Waals surface area contributed by atoms with Gasteiger partial charge in [-0.1, -0.05) is 29.8 Å². The third-order valence-electron chi connectivity index (χ3n) is 6.15. The van der Waals surface area contributed by atoms with Crippen LogP contribution in [0.4, 0.5) is 0 Å². The van der Waals surface area contributed by atoms with Crippen molar-refractivity contribution in [3.63, 3.8) is 0 Å². The number of carboxylic acids is 1. The zero-order valence-electron chi connectivity index (χ0n) is 16.5. The minimum absolute atomic E-state index is 0.211. The predicted molar refractivity (Wildman–Crippen MR) is 111 cm³/mol. The van der Waals surface area contributed by atoms with E-state index in [-0.39, 0.29) is 12.5 Å². The van der Waals surface area contributed by atoms with Crippen LogP contribution in [0.1, 0.15) is 56.9 Å². The Labute approximate surface area is 170 Å². The maximum atomic E-state index is 12.6. The molecule has 6 heteroatoms. The molecule has 0 amide bonds. The third-order valence-corrected chi connectivity index (χ3v) is 6.96. The highest BCUT2D eigenvalue weighted by Gasteiger charge is 2.43. The van der Waals surface area contributed by atoms with Crippen molar-refractivity contribution in [3.8, 4) is 5.75 Å². The molecule has 28 heavy (non-hydrogen) atoms. The first-order valence-corrected chi connectivity index (χ1v) is 11.4. The van der Waals surface area contributed by atoms with Crippen LogP contribution >= 0.6 is 0 Å². The van der Waals surface area contributed by atoms with Crippen molar-refractivity contribution in [1.82, 2.24) is 4.72 Å². The first-order valence-electron chi connectivity index (χ1n) is 10.3. The summed E-state index contributed by atoms with van der Waals surface area (Å²) in [4.78, 5) is 10.6. The third kappa shape index (κ3) is 5.92. The molecule has 3 unspecified atom stereocenters. The van der Waals surface area contributed by atoms with Crippen molar-refractivity contribution in [3.05, 3.63) is 42.0 Å². The Bertz CT molecular complexity index is 695. The highest BCUT2D eigenvalue weighted by atomic mass is 32.2. The number of hydrogen-bond acceptors (Lipinski definition) is 3. The fourth-order valence-electron chi connectivity index (χ4n) is 4.66. The van der Waals surface area contributed by atoms with Crippen LogP contribution in [0.5, 0.6) is 5.75 Å². The zero-order valence-corrected chi connectivity index (χ0v) is 17.3. The van der Waals surface area contributed by atoms with Crippen LogP contribution in [-0.2, 0) is 16.1 Å². The van der Waals surface area contributed by atoms with Crippen molar-refractivity contribution in [2.75, 3.05) is 0 Å². The van der Waals surface area contributed by atoms with Gasteiger partial charge in [0.25, 0.3) is 11.3 Å². The van der Waals surface area contributed by atoms with Crippen LogP contribution in [0, 0.1) is 24.7 Å². The number of hydrogen-bond donors (Lipinski definition) is 2. The molecule has 0 heterocycles. The Morgan fingerprint density at radius 3 is 2.54 bits per heavy atom. The van der Waals surface area contributed by atoms with Gasteiger partial charge in [0.2, 0.25) is 0 Å². The van der Waals surface area contributed by atoms with E-state index in [1.54, 1.807) is 0 Å². The van der Waals surface area contributed by atoms with Crippen LogP contribution in [-0.4, -0.2) is 21.3 Å². The highest BCUT2D eigenvalue weighted by Crippen LogP contribution is 2.46. The molecule has 3 atom stereocenters. The van der Waals surface area contributed by atoms with Gasteiger partial charge in [-0.25, -0.2) is 4.72 Å². The van der Waals surface area contributed by atoms with E-state index < -0.39 is 17.2 Å². The lowest BCUT2D eigenvalue weighted by atomic mass is 9.61. The fraction of sp³-hybridized carbons (Fsp3) is 0.591. The molecule has 0 aromatic heterocycles. The van der Waals surface area contributed by atoms with Crippen LogP contribution in [0.3, 0.4) is 0 Å². The molecule has 0 saturated heterocycles. The summed E-state index contributed by atoms with van der Waals surface area (Å²) < 4.78 is 21.4. The van der Waals surface area contributed by atoms with Gasteiger partial charge in [-0.2, -0.15) is 4.21 Å². The Balaban J connectivity index is 1.54. The highest BCUT2D eigenvalue weighted by molar-refractivity contribution is 7.78. The summed E-state index contributed by atoms with van der Waals surface area (Å²) in [5.74, 6) is 1.57. The standard InChI is InChI=1S/C22H31NO4S/c1-16-8-14-19(15-9-16)27-28(26)23-22-18-12-10-17(11-13-18)20(22)6-4-2-3-5-7-21(24)25/h2,4,8-9,14-15,17-18,20,22-23H,3,5-7,10-13H2,1H3,(H,24,25). The first-order chi connectivity index (χ1) is 13.5. The molecular weight excluding hydrogens is 374 g/mol. The monoisotopic (exact) mass is 405 g/mol. The van der Waals surface area contributed by atoms with Gasteiger partial charge in [0, 0.05) is 12.5 Å². The topological polar surface area (TPSA) is 75.6 Å². The van der Waals surface area contributed by atoms with Gasteiger partial charge in [0.15, 0.2) is 0 Å². The summed E-state index contributed by atoms with van der Waals surface area (Å²) >= 11 is -1.55. The molecule has 3 aliphatic rings. The van der Waals surface area contributed by atoms with Gasteiger partial charge in [-0.15, -0.1) is 0 Å². The van der Waals surface area contributed by atoms with Crippen molar-refractivity contribution in [2.45, 2.75) is 64.3 Å². The second-order valence-corrected chi connectivity index (χ2v) is 8.98. The molecule has 0 radical (unpaired) electrons. The molecule has 1 aromatic rings. The lowest BCUT2D eigenvalue weighted by Gasteiger charge is -2.48. The van der Waals surface area contributed by atoms with Crippen molar-refractivity contribution in [1.29, 1.82) is 0 Å². The molecule has 3 saturated carbocycles. The second-order valence-electron chi connectivity index (χ2n) is 8.11. The Hall–Kier alpha value is -1.66. The van der Waals surface area contributed by atoms with Gasteiger partial charge < -0.3 is 9.29 Å². The molecule has 2 N–H and O–H groups in total. The summed E-state index contributed by atoms with van der Waals surface area (Å²) in [5.41, 5.74) is 1.14. The number of benzene rings is 1. The number of fused-ring (bicyclic) bond motifs is 3. The normalized spacial score (nSPS) is 27.8. The number of carbonyl (C=O) groups is 1. The van der Waals surface area contributed by atoms with Crippen LogP contribution in [0.15, 0.2) is 36.4 Å². The number of aryl methyl sites for hydroxylation is 1. The largest absolute Gasteiger partial charge is 0.481 e. The Morgan fingerprint density at radius 1 is 1.18 bits per heavy atom. The molecule has 2 bridgehead atoms. The predicted octanol–water partition coefficient (Wildman–Crippen LogP) is 4.55. The summed E-state index contributed by atoms with van der Waals surface area (Å²) in [7, 11) is 0. The minimum atomic E-state index is -1.55. The van der Waals surface area contributed by atoms with Gasteiger partial charge in [0.1, 0.15) is 5.75 Å². The van der Waals surface area contributed by atoms with E-state index >= 15 is 0 Å². The number of carboxylic acid groups (broad SMARTS) is 1. The smallest absolute Gasteiger partial charge is 0.303 e. The lowest BCUT2D eigenvalue weighted by molar-refractivity contribution is -0.137. The molecule has 154 valence electrons. The van der Waals surface area contributed by atoms with Gasteiger partial charge >= 0.3 is 5.97 Å². The molecule has 1 aromatic carbocycles. The molecule has 4 rings (SSSR count). The van der Waals surface area contributed by atoms with Gasteiger partial charge in [-0.05, 0) is 81.8 Å². The first kappa shape index (κ1) is 21.1. The summed E-state index contributed by atoms with van der Waals surface area (Å²) in [6, 6.07) is 7.81. The summed E-state index contributed by atoms with van der Waals surface area (Å²) in [5, 5.41) is 8.71. The van der Waals surface area contributed by atoms with E-state index in [0.717, 1.165) is 18.4 Å². The molecular formula is C22H31NO4S. The number of aliphatic carboxylic acids is 1. The molecule has 3 fully saturated rings. The van der Waals surface area contributed by atoms with Crippen LogP contribution < -0.4 is 8.91 Å². The Morgan fingerprint density at radius 2 is 1.86 bits per heavy atom. The van der Waals surface area contributed by atoms with Crippen molar-refractivity contribution < 1.29 is 18.3 Å². The average molecular weight is 406 g/mol. The quantitative estimate of drug-likeness (QED) is 0.442. The van der Waals surface area contributed by atoms with Crippen molar-refractivity contribution >= 4 is 17.2 Å². The summed E-state index contributed by atoms with van der Waals surface area (Å²) in [6.07, 6.45) is 11.8. The SMILES string of the molecule is Cc1ccc(OS(=O)NC2C3CCC(CC3)C2CC=CCCCC(=O)O)cc1. The molecule has 0 aliphatic heterocycles. The molecule has 0 spiro atoms. The van der Waals surface area contributed by atoms with E-state index in [1.165, 1.54) is 25.7 Å². The lowest BCUT2D eigenvalue weighted by Crippen LogP contribution is -2.52. The number of allylic oxidation sites excluding steroid dienone is 2. The number of nitrogens with one attached hydrogen (secondary N) is 1. The second kappa shape index (κ2) is 10.2. The van der Waals surface area contributed by atoms with Crippen LogP contribution in [0.2, 0.25) is 0 Å². The minimum Gasteiger partial charge on any atom is -0.481 e. The molecule has 5 nitrogen and oxygen atoms in total. The van der Waals surface area contributed by atoms with Crippen LogP contribution in [0.25, 0.3) is 0 Å². The Kier molecular flexibility index (Phi) is 7.68.